The maximum atomic E-state index is 11.9. The van der Waals surface area contributed by atoms with Crippen molar-refractivity contribution in [2.24, 2.45) is 5.73 Å². The SMILES string of the molecule is CCC(=O)c1sc(NC2CCC(O)CC2)c(C(N)=O)c1N. The van der Waals surface area contributed by atoms with E-state index in [0.717, 1.165) is 25.7 Å². The predicted molar refractivity (Wildman–Crippen MR) is 83.8 cm³/mol. The van der Waals surface area contributed by atoms with Crippen LogP contribution in [-0.4, -0.2) is 28.9 Å². The molecule has 6 nitrogen and oxygen atoms in total. The standard InChI is InChI=1S/C14H21N3O3S/c1-2-9(19)12-11(15)10(13(16)20)14(21-12)17-7-3-5-8(18)6-4-7/h7-8,17-18H,2-6,15H2,1H3,(H2,16,20). The highest BCUT2D eigenvalue weighted by Gasteiger charge is 2.26. The highest BCUT2D eigenvalue weighted by molar-refractivity contribution is 7.19. The second-order valence-corrected chi connectivity index (χ2v) is 6.36. The second kappa shape index (κ2) is 6.44. The van der Waals surface area contributed by atoms with Crippen LogP contribution in [0.1, 0.15) is 59.1 Å². The first-order valence-corrected chi connectivity index (χ1v) is 7.95. The molecule has 0 saturated heterocycles. The first-order valence-electron chi connectivity index (χ1n) is 7.13. The summed E-state index contributed by atoms with van der Waals surface area (Å²) in [6.45, 7) is 1.75. The number of hydrogen-bond acceptors (Lipinski definition) is 6. The molecule has 1 heterocycles. The van der Waals surface area contributed by atoms with Gasteiger partial charge >= 0.3 is 0 Å². The number of aliphatic hydroxyl groups is 1. The molecule has 0 bridgehead atoms. The van der Waals surface area contributed by atoms with Gasteiger partial charge in [0.2, 0.25) is 0 Å². The van der Waals surface area contributed by atoms with Gasteiger partial charge < -0.3 is 21.9 Å². The van der Waals surface area contributed by atoms with Crippen LogP contribution in [0.15, 0.2) is 0 Å². The molecule has 0 unspecified atom stereocenters. The van der Waals surface area contributed by atoms with Gasteiger partial charge in [-0.3, -0.25) is 9.59 Å². The van der Waals surface area contributed by atoms with E-state index in [9.17, 15) is 14.7 Å². The number of anilines is 2. The molecule has 0 aromatic carbocycles. The van der Waals surface area contributed by atoms with E-state index in [0.29, 0.717) is 16.3 Å². The number of hydrogen-bond donors (Lipinski definition) is 4. The molecule has 1 aromatic rings. The van der Waals surface area contributed by atoms with Gasteiger partial charge in [0.25, 0.3) is 5.91 Å². The van der Waals surface area contributed by atoms with Crippen LogP contribution in [0.3, 0.4) is 0 Å². The van der Waals surface area contributed by atoms with Crippen LogP contribution in [0.5, 0.6) is 0 Å². The minimum atomic E-state index is -0.628. The van der Waals surface area contributed by atoms with Crippen LogP contribution < -0.4 is 16.8 Å². The summed E-state index contributed by atoms with van der Waals surface area (Å²) in [4.78, 5) is 23.9. The molecular formula is C14H21N3O3S. The molecule has 1 saturated carbocycles. The fraction of sp³-hybridized carbons (Fsp3) is 0.571. The lowest BCUT2D eigenvalue weighted by Crippen LogP contribution is -2.28. The minimum Gasteiger partial charge on any atom is -0.397 e. The molecule has 21 heavy (non-hydrogen) atoms. The lowest BCUT2D eigenvalue weighted by molar-refractivity contribution is 0.0991. The number of rotatable bonds is 5. The van der Waals surface area contributed by atoms with Crippen LogP contribution in [0.4, 0.5) is 10.7 Å². The Morgan fingerprint density at radius 3 is 2.48 bits per heavy atom. The molecule has 0 spiro atoms. The van der Waals surface area contributed by atoms with Crippen molar-refractivity contribution in [1.82, 2.24) is 0 Å². The van der Waals surface area contributed by atoms with Gasteiger partial charge in [0, 0.05) is 12.5 Å². The number of carbonyl (C=O) groups excluding carboxylic acids is 2. The third kappa shape index (κ3) is 3.36. The van der Waals surface area contributed by atoms with E-state index in [2.05, 4.69) is 5.32 Å². The molecule has 1 aliphatic rings. The molecule has 0 radical (unpaired) electrons. The van der Waals surface area contributed by atoms with E-state index in [1.807, 2.05) is 0 Å². The van der Waals surface area contributed by atoms with Gasteiger partial charge in [0.1, 0.15) is 5.00 Å². The number of nitrogen functional groups attached to an aromatic ring is 1. The number of nitrogens with two attached hydrogens (primary N) is 2. The Bertz CT molecular complexity index is 548. The lowest BCUT2D eigenvalue weighted by Gasteiger charge is -2.26. The molecule has 1 aromatic heterocycles. The zero-order valence-electron chi connectivity index (χ0n) is 12.0. The Balaban J connectivity index is 2.25. The average Bonchev–Trinajstić information content (AvgIpc) is 2.77. The number of ketones is 1. The van der Waals surface area contributed by atoms with Crippen molar-refractivity contribution >= 4 is 33.7 Å². The summed E-state index contributed by atoms with van der Waals surface area (Å²) in [5.74, 6) is -0.718. The van der Waals surface area contributed by atoms with Crippen molar-refractivity contribution in [3.05, 3.63) is 10.4 Å². The highest BCUT2D eigenvalue weighted by Crippen LogP contribution is 2.37. The monoisotopic (exact) mass is 311 g/mol. The maximum Gasteiger partial charge on any atom is 0.253 e. The van der Waals surface area contributed by atoms with Crippen molar-refractivity contribution in [2.45, 2.75) is 51.2 Å². The van der Waals surface area contributed by atoms with E-state index in [1.165, 1.54) is 11.3 Å². The van der Waals surface area contributed by atoms with E-state index in [1.54, 1.807) is 6.92 Å². The molecule has 1 amide bonds. The van der Waals surface area contributed by atoms with Crippen molar-refractivity contribution in [1.29, 1.82) is 0 Å². The van der Waals surface area contributed by atoms with Crippen molar-refractivity contribution in [3.63, 3.8) is 0 Å². The summed E-state index contributed by atoms with van der Waals surface area (Å²) in [5.41, 5.74) is 11.7. The highest BCUT2D eigenvalue weighted by atomic mass is 32.1. The zero-order valence-corrected chi connectivity index (χ0v) is 12.8. The molecule has 0 aliphatic heterocycles. The second-order valence-electron chi connectivity index (χ2n) is 5.34. The largest absolute Gasteiger partial charge is 0.397 e. The first kappa shape index (κ1) is 15.8. The number of aliphatic hydroxyl groups excluding tert-OH is 1. The van der Waals surface area contributed by atoms with Gasteiger partial charge in [0.15, 0.2) is 5.78 Å². The molecule has 1 aliphatic carbocycles. The molecule has 2 rings (SSSR count). The number of thiophene rings is 1. The lowest BCUT2D eigenvalue weighted by atomic mass is 9.93. The fourth-order valence-corrected chi connectivity index (χ4v) is 3.78. The Morgan fingerprint density at radius 2 is 1.95 bits per heavy atom. The summed E-state index contributed by atoms with van der Waals surface area (Å²) < 4.78 is 0. The van der Waals surface area contributed by atoms with Crippen LogP contribution in [0, 0.1) is 0 Å². The average molecular weight is 311 g/mol. The van der Waals surface area contributed by atoms with E-state index in [4.69, 9.17) is 11.5 Å². The van der Waals surface area contributed by atoms with Gasteiger partial charge in [-0.05, 0) is 25.7 Å². The third-order valence-corrected chi connectivity index (χ3v) is 4.98. The third-order valence-electron chi connectivity index (χ3n) is 3.80. The number of primary amides is 1. The number of amides is 1. The number of nitrogens with one attached hydrogen (secondary N) is 1. The van der Waals surface area contributed by atoms with Gasteiger partial charge in [-0.15, -0.1) is 11.3 Å². The van der Waals surface area contributed by atoms with Gasteiger partial charge in [-0.2, -0.15) is 0 Å². The van der Waals surface area contributed by atoms with E-state index < -0.39 is 5.91 Å². The molecule has 0 atom stereocenters. The van der Waals surface area contributed by atoms with Crippen molar-refractivity contribution in [3.8, 4) is 0 Å². The molecule has 7 heteroatoms. The summed E-state index contributed by atoms with van der Waals surface area (Å²) in [6, 6.07) is 0.161. The number of carbonyl (C=O) groups is 2. The fourth-order valence-electron chi connectivity index (χ4n) is 2.56. The molecule has 116 valence electrons. The van der Waals surface area contributed by atoms with Gasteiger partial charge in [-0.25, -0.2) is 0 Å². The summed E-state index contributed by atoms with van der Waals surface area (Å²) in [7, 11) is 0. The zero-order chi connectivity index (χ0) is 15.6. The van der Waals surface area contributed by atoms with Crippen molar-refractivity contribution < 1.29 is 14.7 Å². The summed E-state index contributed by atoms with van der Waals surface area (Å²) in [6.07, 6.45) is 3.17. The van der Waals surface area contributed by atoms with Crippen LogP contribution >= 0.6 is 11.3 Å². The van der Waals surface area contributed by atoms with Crippen LogP contribution in [0.2, 0.25) is 0 Å². The molecule has 6 N–H and O–H groups in total. The normalized spacial score (nSPS) is 22.0. The summed E-state index contributed by atoms with van der Waals surface area (Å²) >= 11 is 1.19. The Hall–Kier alpha value is -1.60. The van der Waals surface area contributed by atoms with Crippen molar-refractivity contribution in [2.75, 3.05) is 11.1 Å². The van der Waals surface area contributed by atoms with Crippen LogP contribution in [0.25, 0.3) is 0 Å². The maximum absolute atomic E-state index is 11.9. The molecule has 1 fully saturated rings. The molecular weight excluding hydrogens is 290 g/mol. The Morgan fingerprint density at radius 1 is 1.33 bits per heavy atom. The van der Waals surface area contributed by atoms with Crippen LogP contribution in [-0.2, 0) is 0 Å². The minimum absolute atomic E-state index is 0.0906. The predicted octanol–water partition coefficient (Wildman–Crippen LogP) is 1.74. The van der Waals surface area contributed by atoms with E-state index >= 15 is 0 Å². The summed E-state index contributed by atoms with van der Waals surface area (Å²) in [5, 5.41) is 13.4. The Labute approximate surface area is 127 Å². The topological polar surface area (TPSA) is 118 Å². The quantitative estimate of drug-likeness (QED) is 0.618. The smallest absolute Gasteiger partial charge is 0.253 e. The first-order chi connectivity index (χ1) is 9.93. The van der Waals surface area contributed by atoms with E-state index in [-0.39, 0.29) is 29.2 Å². The van der Waals surface area contributed by atoms with Gasteiger partial charge in [-0.1, -0.05) is 6.92 Å². The Kier molecular flexibility index (Phi) is 4.84. The van der Waals surface area contributed by atoms with Gasteiger partial charge in [0.05, 0.1) is 22.2 Å². The number of Topliss-reactive ketones (excluding diaryl/α,β-unsaturated/α-hetero) is 1.